The Morgan fingerprint density at radius 3 is 2.74 bits per heavy atom. The summed E-state index contributed by atoms with van der Waals surface area (Å²) in [7, 11) is 0. The minimum absolute atomic E-state index is 0.493. The molecule has 0 spiro atoms. The van der Waals surface area contributed by atoms with Crippen LogP contribution in [0.15, 0.2) is 82.0 Å². The third kappa shape index (κ3) is 1.40. The van der Waals surface area contributed by atoms with Crippen molar-refractivity contribution in [2.24, 2.45) is 11.8 Å². The van der Waals surface area contributed by atoms with E-state index in [-0.39, 0.29) is 0 Å². The number of allylic oxidation sites excluding steroid dienone is 14. The van der Waals surface area contributed by atoms with Crippen LogP contribution < -0.4 is 0 Å². The predicted molar refractivity (Wildman–Crippen MR) is 80.6 cm³/mol. The van der Waals surface area contributed by atoms with Gasteiger partial charge in [-0.15, -0.1) is 0 Å². The average molecular weight is 246 g/mol. The molecule has 0 heteroatoms. The lowest BCUT2D eigenvalue weighted by Gasteiger charge is -2.38. The third-order valence-electron chi connectivity index (χ3n) is 4.74. The van der Waals surface area contributed by atoms with Gasteiger partial charge in [0.05, 0.1) is 0 Å². The van der Waals surface area contributed by atoms with Crippen LogP contribution in [0.4, 0.5) is 0 Å². The van der Waals surface area contributed by atoms with E-state index in [0.29, 0.717) is 11.8 Å². The van der Waals surface area contributed by atoms with E-state index in [9.17, 15) is 0 Å². The van der Waals surface area contributed by atoms with E-state index in [0.717, 1.165) is 6.42 Å². The summed E-state index contributed by atoms with van der Waals surface area (Å²) in [6.07, 6.45) is 19.6. The molecule has 0 aromatic heterocycles. The Balaban J connectivity index is 1.99. The van der Waals surface area contributed by atoms with Gasteiger partial charge in [-0.1, -0.05) is 62.5 Å². The normalized spacial score (nSPS) is 30.4. The Hall–Kier alpha value is -1.82. The van der Waals surface area contributed by atoms with Crippen molar-refractivity contribution in [3.63, 3.8) is 0 Å². The second kappa shape index (κ2) is 3.84. The summed E-state index contributed by atoms with van der Waals surface area (Å²) in [5.41, 5.74) is 8.94. The summed E-state index contributed by atoms with van der Waals surface area (Å²) in [4.78, 5) is 0. The zero-order valence-electron chi connectivity index (χ0n) is 11.5. The molecule has 0 nitrogen and oxygen atoms in total. The molecule has 0 aromatic carbocycles. The third-order valence-corrected chi connectivity index (χ3v) is 4.74. The maximum absolute atomic E-state index is 2.34. The van der Waals surface area contributed by atoms with Crippen molar-refractivity contribution in [3.8, 4) is 0 Å². The summed E-state index contributed by atoms with van der Waals surface area (Å²) in [6.45, 7) is 4.55. The average Bonchev–Trinajstić information content (AvgIpc) is 2.46. The highest BCUT2D eigenvalue weighted by Gasteiger charge is 2.35. The first kappa shape index (κ1) is 11.0. The molecule has 2 atom stereocenters. The first-order valence-corrected chi connectivity index (χ1v) is 7.23. The van der Waals surface area contributed by atoms with E-state index in [1.165, 1.54) is 27.9 Å². The van der Waals surface area contributed by atoms with Gasteiger partial charge in [-0.05, 0) is 45.8 Å². The molecule has 19 heavy (non-hydrogen) atoms. The van der Waals surface area contributed by atoms with Crippen molar-refractivity contribution < 1.29 is 0 Å². The van der Waals surface area contributed by atoms with Crippen LogP contribution in [0.2, 0.25) is 0 Å². The van der Waals surface area contributed by atoms with E-state index in [2.05, 4.69) is 62.5 Å². The lowest BCUT2D eigenvalue weighted by Crippen LogP contribution is -2.24. The first-order chi connectivity index (χ1) is 9.29. The van der Waals surface area contributed by atoms with Crippen LogP contribution in [0.25, 0.3) is 0 Å². The summed E-state index contributed by atoms with van der Waals surface area (Å²) < 4.78 is 0. The molecule has 0 aliphatic heterocycles. The molecule has 0 radical (unpaired) electrons. The van der Waals surface area contributed by atoms with E-state index in [1.54, 1.807) is 5.57 Å². The fraction of sp³-hybridized carbons (Fsp3) is 0.263. The molecule has 0 heterocycles. The monoisotopic (exact) mass is 246 g/mol. The quantitative estimate of drug-likeness (QED) is 0.622. The van der Waals surface area contributed by atoms with Crippen LogP contribution in [-0.2, 0) is 0 Å². The highest BCUT2D eigenvalue weighted by Crippen LogP contribution is 2.49. The summed E-state index contributed by atoms with van der Waals surface area (Å²) in [5, 5.41) is 0. The highest BCUT2D eigenvalue weighted by molar-refractivity contribution is 5.68. The number of hydrogen-bond donors (Lipinski definition) is 0. The van der Waals surface area contributed by atoms with Gasteiger partial charge < -0.3 is 0 Å². The maximum Gasteiger partial charge on any atom is 0.0351 e. The van der Waals surface area contributed by atoms with Crippen LogP contribution in [0, 0.1) is 11.8 Å². The largest absolute Gasteiger partial charge is 0.0767 e. The lowest BCUT2D eigenvalue weighted by molar-refractivity contribution is 0.751. The van der Waals surface area contributed by atoms with E-state index < -0.39 is 0 Å². The molecule has 4 aliphatic carbocycles. The van der Waals surface area contributed by atoms with Gasteiger partial charge in [0.2, 0.25) is 0 Å². The summed E-state index contributed by atoms with van der Waals surface area (Å²) in [6, 6.07) is 0. The smallest absolute Gasteiger partial charge is 0.0351 e. The van der Waals surface area contributed by atoms with Gasteiger partial charge in [0, 0.05) is 5.92 Å². The Morgan fingerprint density at radius 2 is 1.89 bits per heavy atom. The van der Waals surface area contributed by atoms with Crippen LogP contribution in [-0.4, -0.2) is 0 Å². The Labute approximate surface area is 114 Å². The fourth-order valence-electron chi connectivity index (χ4n) is 3.69. The van der Waals surface area contributed by atoms with Gasteiger partial charge in [-0.3, -0.25) is 0 Å². The SMILES string of the molecule is CCC1=C2C=CC3=C4C(=CC=C(C=C1)C24)C(C)C=C3. The van der Waals surface area contributed by atoms with Crippen molar-refractivity contribution in [2.45, 2.75) is 20.3 Å². The van der Waals surface area contributed by atoms with Crippen LogP contribution in [0.5, 0.6) is 0 Å². The van der Waals surface area contributed by atoms with Crippen molar-refractivity contribution in [1.29, 1.82) is 0 Å². The van der Waals surface area contributed by atoms with Crippen molar-refractivity contribution in [3.05, 3.63) is 82.0 Å². The lowest BCUT2D eigenvalue weighted by atomic mass is 9.66. The molecule has 0 saturated carbocycles. The standard InChI is InChI=1S/C19H18/c1-3-13-6-7-15-8-10-16-12(2)4-5-14-9-11-17(13)19(15)18(14)16/h4-12,19H,3H2,1-2H3. The predicted octanol–water partition coefficient (Wildman–Crippen LogP) is 4.82. The number of hydrogen-bond acceptors (Lipinski definition) is 0. The van der Waals surface area contributed by atoms with Gasteiger partial charge >= 0.3 is 0 Å². The van der Waals surface area contributed by atoms with Gasteiger partial charge in [0.1, 0.15) is 0 Å². The molecule has 0 bridgehead atoms. The second-order valence-electron chi connectivity index (χ2n) is 5.74. The van der Waals surface area contributed by atoms with Crippen molar-refractivity contribution in [2.75, 3.05) is 0 Å². The van der Waals surface area contributed by atoms with E-state index in [1.807, 2.05) is 0 Å². The Morgan fingerprint density at radius 1 is 1.00 bits per heavy atom. The molecule has 94 valence electrons. The van der Waals surface area contributed by atoms with Crippen molar-refractivity contribution in [1.82, 2.24) is 0 Å². The molecule has 0 amide bonds. The van der Waals surface area contributed by atoms with Crippen molar-refractivity contribution >= 4 is 0 Å². The molecular weight excluding hydrogens is 228 g/mol. The topological polar surface area (TPSA) is 0 Å². The summed E-state index contributed by atoms with van der Waals surface area (Å²) >= 11 is 0. The minimum atomic E-state index is 0.493. The molecular formula is C19H18. The molecule has 0 saturated heterocycles. The maximum atomic E-state index is 2.34. The Bertz CT molecular complexity index is 669. The molecule has 2 unspecified atom stereocenters. The van der Waals surface area contributed by atoms with Crippen LogP contribution in [0.3, 0.4) is 0 Å². The molecule has 4 aliphatic rings. The van der Waals surface area contributed by atoms with E-state index >= 15 is 0 Å². The van der Waals surface area contributed by atoms with Gasteiger partial charge in [-0.2, -0.15) is 0 Å². The van der Waals surface area contributed by atoms with Crippen LogP contribution in [0.1, 0.15) is 20.3 Å². The molecule has 0 N–H and O–H groups in total. The van der Waals surface area contributed by atoms with Gasteiger partial charge in [-0.25, -0.2) is 0 Å². The number of rotatable bonds is 1. The fourth-order valence-corrected chi connectivity index (χ4v) is 3.69. The zero-order valence-corrected chi connectivity index (χ0v) is 11.5. The molecule has 0 fully saturated rings. The minimum Gasteiger partial charge on any atom is -0.0767 e. The molecule has 0 aromatic rings. The Kier molecular flexibility index (Phi) is 2.23. The first-order valence-electron chi connectivity index (χ1n) is 7.23. The molecule has 4 rings (SSSR count). The second-order valence-corrected chi connectivity index (χ2v) is 5.74. The van der Waals surface area contributed by atoms with Crippen LogP contribution >= 0.6 is 0 Å². The van der Waals surface area contributed by atoms with Gasteiger partial charge in [0.25, 0.3) is 0 Å². The van der Waals surface area contributed by atoms with E-state index in [4.69, 9.17) is 0 Å². The zero-order chi connectivity index (χ0) is 13.0. The summed E-state index contributed by atoms with van der Waals surface area (Å²) in [5.74, 6) is 1.03. The van der Waals surface area contributed by atoms with Gasteiger partial charge in [0.15, 0.2) is 0 Å². The highest BCUT2D eigenvalue weighted by atomic mass is 14.4.